The van der Waals surface area contributed by atoms with Crippen molar-refractivity contribution in [2.45, 2.75) is 26.2 Å². The lowest BCUT2D eigenvalue weighted by Gasteiger charge is -2.26. The summed E-state index contributed by atoms with van der Waals surface area (Å²) in [6.45, 7) is 4.00. The Balaban J connectivity index is 0.000000924. The fraction of sp³-hybridized carbons (Fsp3) is 0.353. The van der Waals surface area contributed by atoms with Crippen molar-refractivity contribution in [2.75, 3.05) is 14.2 Å². The third-order valence-corrected chi connectivity index (χ3v) is 3.42. The van der Waals surface area contributed by atoms with E-state index in [4.69, 9.17) is 14.2 Å². The Labute approximate surface area is 135 Å². The summed E-state index contributed by atoms with van der Waals surface area (Å²) >= 11 is 0. The number of rotatable bonds is 3. The van der Waals surface area contributed by atoms with E-state index in [9.17, 15) is 4.79 Å². The van der Waals surface area contributed by atoms with Gasteiger partial charge in [-0.1, -0.05) is 13.8 Å². The zero-order chi connectivity index (χ0) is 16.8. The Hall–Kier alpha value is -2.63. The second-order valence-electron chi connectivity index (χ2n) is 4.60. The van der Waals surface area contributed by atoms with Crippen LogP contribution in [0.4, 0.5) is 0 Å². The van der Waals surface area contributed by atoms with Gasteiger partial charge < -0.3 is 14.2 Å². The number of carbonyl (C=O) groups excluding carboxylic acids is 1. The van der Waals surface area contributed by atoms with E-state index in [-0.39, 0.29) is 18.3 Å². The van der Waals surface area contributed by atoms with Crippen molar-refractivity contribution in [3.8, 4) is 17.2 Å². The van der Waals surface area contributed by atoms with E-state index in [0.717, 1.165) is 5.56 Å². The van der Waals surface area contributed by atoms with E-state index in [0.29, 0.717) is 22.9 Å². The zero-order valence-electron chi connectivity index (χ0n) is 13.7. The highest BCUT2D eigenvalue weighted by atomic mass is 16.5. The molecule has 6 heteroatoms. The summed E-state index contributed by atoms with van der Waals surface area (Å²) in [6, 6.07) is 3.44. The summed E-state index contributed by atoms with van der Waals surface area (Å²) < 4.78 is 15.9. The van der Waals surface area contributed by atoms with Crippen LogP contribution < -0.4 is 14.2 Å². The topological polar surface area (TPSA) is 70.5 Å². The van der Waals surface area contributed by atoms with E-state index >= 15 is 0 Å². The lowest BCUT2D eigenvalue weighted by molar-refractivity contribution is -0.135. The maximum Gasteiger partial charge on any atom is 0.312 e. The van der Waals surface area contributed by atoms with Crippen LogP contribution in [0.25, 0.3) is 0 Å². The molecule has 2 aromatic rings. The maximum atomic E-state index is 11.9. The van der Waals surface area contributed by atoms with Gasteiger partial charge in [-0.3, -0.25) is 14.8 Å². The van der Waals surface area contributed by atoms with Crippen molar-refractivity contribution in [3.05, 3.63) is 42.0 Å². The van der Waals surface area contributed by atoms with Crippen LogP contribution in [-0.4, -0.2) is 30.2 Å². The van der Waals surface area contributed by atoms with Gasteiger partial charge in [-0.15, -0.1) is 0 Å². The minimum Gasteiger partial charge on any atom is -0.496 e. The Bertz CT molecular complexity index is 674. The van der Waals surface area contributed by atoms with Crippen LogP contribution in [0.1, 0.15) is 37.4 Å². The fourth-order valence-corrected chi connectivity index (χ4v) is 2.47. The first-order valence-electron chi connectivity index (χ1n) is 7.45. The molecule has 3 rings (SSSR count). The van der Waals surface area contributed by atoms with Gasteiger partial charge in [0.2, 0.25) is 0 Å². The molecule has 1 aliphatic rings. The lowest BCUT2D eigenvalue weighted by atomic mass is 9.89. The minimum absolute atomic E-state index is 0.203. The van der Waals surface area contributed by atoms with Crippen LogP contribution in [0, 0.1) is 0 Å². The molecule has 0 N–H and O–H groups in total. The number of hydrogen-bond donors (Lipinski definition) is 0. The molecule has 0 amide bonds. The average Bonchev–Trinajstić information content (AvgIpc) is 2.62. The van der Waals surface area contributed by atoms with Crippen molar-refractivity contribution in [1.82, 2.24) is 9.97 Å². The highest BCUT2D eigenvalue weighted by molar-refractivity contribution is 5.79. The Morgan fingerprint density at radius 1 is 1.17 bits per heavy atom. The lowest BCUT2D eigenvalue weighted by Crippen LogP contribution is -2.22. The number of methoxy groups -OCH3 is 2. The monoisotopic (exact) mass is 316 g/mol. The molecule has 0 aliphatic carbocycles. The Morgan fingerprint density at radius 3 is 2.57 bits per heavy atom. The normalized spacial score (nSPS) is 15.7. The first-order chi connectivity index (χ1) is 11.2. The average molecular weight is 316 g/mol. The smallest absolute Gasteiger partial charge is 0.312 e. The number of nitrogens with zero attached hydrogens (tertiary/aromatic N) is 2. The molecule has 1 aromatic carbocycles. The molecule has 0 radical (unpaired) electrons. The van der Waals surface area contributed by atoms with Crippen LogP contribution in [0.5, 0.6) is 17.2 Å². The van der Waals surface area contributed by atoms with Crippen molar-refractivity contribution < 1.29 is 19.0 Å². The predicted molar refractivity (Wildman–Crippen MR) is 85.0 cm³/mol. The molecule has 6 nitrogen and oxygen atoms in total. The van der Waals surface area contributed by atoms with Gasteiger partial charge in [-0.25, -0.2) is 0 Å². The third kappa shape index (κ3) is 3.41. The molecule has 122 valence electrons. The SMILES string of the molecule is CC.COc1cc(OC)c2c(c1)OC(=O)CC2c1cnccn1. The number of esters is 1. The Kier molecular flexibility index (Phi) is 5.51. The Morgan fingerprint density at radius 2 is 1.96 bits per heavy atom. The molecule has 2 heterocycles. The molecule has 0 fully saturated rings. The van der Waals surface area contributed by atoms with Gasteiger partial charge in [-0.05, 0) is 0 Å². The standard InChI is InChI=1S/C15H14N2O4.C2H6/c1-19-9-5-12(20-2)15-10(11-8-16-3-4-17-11)7-14(18)21-13(15)6-9;1-2/h3-6,8,10H,7H2,1-2H3;1-2H3. The van der Waals surface area contributed by atoms with Crippen LogP contribution in [0.15, 0.2) is 30.7 Å². The third-order valence-electron chi connectivity index (χ3n) is 3.42. The van der Waals surface area contributed by atoms with Crippen LogP contribution in [-0.2, 0) is 4.79 Å². The van der Waals surface area contributed by atoms with Gasteiger partial charge in [0.15, 0.2) is 0 Å². The van der Waals surface area contributed by atoms with Crippen molar-refractivity contribution in [3.63, 3.8) is 0 Å². The molecule has 1 aliphatic heterocycles. The predicted octanol–water partition coefficient (Wildman–Crippen LogP) is 2.96. The summed E-state index contributed by atoms with van der Waals surface area (Å²) in [5, 5.41) is 0. The van der Waals surface area contributed by atoms with E-state index < -0.39 is 0 Å². The maximum absolute atomic E-state index is 11.9. The summed E-state index contributed by atoms with van der Waals surface area (Å²) in [5.41, 5.74) is 1.50. The highest BCUT2D eigenvalue weighted by Crippen LogP contribution is 2.45. The zero-order valence-corrected chi connectivity index (χ0v) is 13.7. The van der Waals surface area contributed by atoms with Crippen LogP contribution >= 0.6 is 0 Å². The van der Waals surface area contributed by atoms with Gasteiger partial charge in [0.25, 0.3) is 0 Å². The van der Waals surface area contributed by atoms with Crippen LogP contribution in [0.3, 0.4) is 0 Å². The summed E-state index contributed by atoms with van der Waals surface area (Å²) in [5.74, 6) is 1.06. The summed E-state index contributed by atoms with van der Waals surface area (Å²) in [6.07, 6.45) is 5.05. The largest absolute Gasteiger partial charge is 0.496 e. The molecule has 0 saturated carbocycles. The number of ether oxygens (including phenoxy) is 3. The second-order valence-corrected chi connectivity index (χ2v) is 4.60. The van der Waals surface area contributed by atoms with E-state index in [1.807, 2.05) is 13.8 Å². The van der Waals surface area contributed by atoms with Crippen molar-refractivity contribution in [2.24, 2.45) is 0 Å². The highest BCUT2D eigenvalue weighted by Gasteiger charge is 2.33. The molecule has 23 heavy (non-hydrogen) atoms. The van der Waals surface area contributed by atoms with Gasteiger partial charge in [0, 0.05) is 42.2 Å². The number of fused-ring (bicyclic) bond motifs is 1. The van der Waals surface area contributed by atoms with Gasteiger partial charge >= 0.3 is 5.97 Å². The van der Waals surface area contributed by atoms with Gasteiger partial charge in [0.1, 0.15) is 17.2 Å². The van der Waals surface area contributed by atoms with Crippen molar-refractivity contribution >= 4 is 5.97 Å². The second kappa shape index (κ2) is 7.58. The number of hydrogen-bond acceptors (Lipinski definition) is 6. The van der Waals surface area contributed by atoms with Gasteiger partial charge in [-0.2, -0.15) is 0 Å². The van der Waals surface area contributed by atoms with E-state index in [1.165, 1.54) is 0 Å². The molecule has 0 spiro atoms. The molecular formula is C17H20N2O4. The van der Waals surface area contributed by atoms with Gasteiger partial charge in [0.05, 0.1) is 26.3 Å². The number of carbonyl (C=O) groups is 1. The summed E-state index contributed by atoms with van der Waals surface area (Å²) in [4.78, 5) is 20.2. The molecule has 1 aromatic heterocycles. The fourth-order valence-electron chi connectivity index (χ4n) is 2.47. The van der Waals surface area contributed by atoms with E-state index in [2.05, 4.69) is 9.97 Å². The molecular weight excluding hydrogens is 296 g/mol. The molecule has 1 atom stereocenters. The minimum atomic E-state index is -0.312. The summed E-state index contributed by atoms with van der Waals surface area (Å²) in [7, 11) is 3.12. The number of benzene rings is 1. The first kappa shape index (κ1) is 16.7. The van der Waals surface area contributed by atoms with Crippen molar-refractivity contribution in [1.29, 1.82) is 0 Å². The number of aromatic nitrogens is 2. The molecule has 0 bridgehead atoms. The van der Waals surface area contributed by atoms with Crippen LogP contribution in [0.2, 0.25) is 0 Å². The first-order valence-corrected chi connectivity index (χ1v) is 7.45. The quantitative estimate of drug-likeness (QED) is 0.640. The molecule has 1 unspecified atom stereocenters. The molecule has 0 saturated heterocycles. The van der Waals surface area contributed by atoms with E-state index in [1.54, 1.807) is 44.9 Å².